The maximum absolute atomic E-state index is 12.4. The van der Waals surface area contributed by atoms with Gasteiger partial charge in [-0.3, -0.25) is 14.7 Å². The Morgan fingerprint density at radius 1 is 1.13 bits per heavy atom. The Hall–Kier alpha value is -2.63. The van der Waals surface area contributed by atoms with Gasteiger partial charge in [0.1, 0.15) is 12.4 Å². The third kappa shape index (κ3) is 5.71. The monoisotopic (exact) mass is 423 g/mol. The fraction of sp³-hybridized carbons (Fsp3) is 0.333. The molecule has 0 N–H and O–H groups in total. The zero-order valence-corrected chi connectivity index (χ0v) is 17.9. The zero-order valence-electron chi connectivity index (χ0n) is 17.1. The topological polar surface area (TPSA) is 47.4 Å². The molecule has 1 aliphatic carbocycles. The van der Waals surface area contributed by atoms with Crippen LogP contribution in [0.3, 0.4) is 0 Å². The van der Waals surface area contributed by atoms with Crippen molar-refractivity contribution in [1.82, 2.24) is 14.5 Å². The average Bonchev–Trinajstić information content (AvgIpc) is 3.59. The maximum atomic E-state index is 12.4. The Bertz CT molecular complexity index is 1030. The number of halogens is 1. The second kappa shape index (κ2) is 9.45. The van der Waals surface area contributed by atoms with Gasteiger partial charge in [0.2, 0.25) is 0 Å². The van der Waals surface area contributed by atoms with Crippen LogP contribution < -0.4 is 10.3 Å². The molecule has 1 saturated carbocycles. The summed E-state index contributed by atoms with van der Waals surface area (Å²) >= 11 is 5.83. The highest BCUT2D eigenvalue weighted by atomic mass is 35.5. The Labute approximate surface area is 181 Å². The average molecular weight is 424 g/mol. The summed E-state index contributed by atoms with van der Waals surface area (Å²) in [6.45, 7) is 1.93. The van der Waals surface area contributed by atoms with E-state index in [2.05, 4.69) is 41.2 Å². The fourth-order valence-electron chi connectivity index (χ4n) is 3.41. The Kier molecular flexibility index (Phi) is 6.50. The second-order valence-corrected chi connectivity index (χ2v) is 8.30. The number of rotatable bonds is 9. The lowest BCUT2D eigenvalue weighted by Gasteiger charge is -2.15. The molecule has 0 atom stereocenters. The highest BCUT2D eigenvalue weighted by molar-refractivity contribution is 6.30. The quantitative estimate of drug-likeness (QED) is 0.514. The SMILES string of the molecule is CN(Cc1ccc(CCn2ccc(OCc3ccc(Cl)cn3)cc2=O)cc1)C1CC1. The first kappa shape index (κ1) is 20.6. The molecule has 30 heavy (non-hydrogen) atoms. The minimum atomic E-state index is -0.0701. The van der Waals surface area contributed by atoms with Crippen molar-refractivity contribution in [2.45, 2.75) is 45.0 Å². The summed E-state index contributed by atoms with van der Waals surface area (Å²) in [6, 6.07) is 16.4. The number of hydrogen-bond acceptors (Lipinski definition) is 4. The summed E-state index contributed by atoms with van der Waals surface area (Å²) in [6.07, 6.45) is 6.83. The first-order valence-corrected chi connectivity index (χ1v) is 10.7. The van der Waals surface area contributed by atoms with E-state index in [9.17, 15) is 4.79 Å². The normalized spacial score (nSPS) is 13.6. The van der Waals surface area contributed by atoms with Gasteiger partial charge in [0, 0.05) is 37.6 Å². The zero-order chi connectivity index (χ0) is 20.9. The molecule has 1 aliphatic rings. The van der Waals surface area contributed by atoms with E-state index >= 15 is 0 Å². The number of ether oxygens (including phenoxy) is 1. The second-order valence-electron chi connectivity index (χ2n) is 7.86. The van der Waals surface area contributed by atoms with Crippen LogP contribution >= 0.6 is 11.6 Å². The van der Waals surface area contributed by atoms with Crippen molar-refractivity contribution in [2.24, 2.45) is 0 Å². The molecular formula is C24H26ClN3O2. The van der Waals surface area contributed by atoms with Gasteiger partial charge in [0.25, 0.3) is 5.56 Å². The minimum absolute atomic E-state index is 0.0701. The molecule has 0 unspecified atom stereocenters. The smallest absolute Gasteiger partial charge is 0.254 e. The molecular weight excluding hydrogens is 398 g/mol. The van der Waals surface area contributed by atoms with Crippen LogP contribution in [0.25, 0.3) is 0 Å². The highest BCUT2D eigenvalue weighted by Gasteiger charge is 2.25. The third-order valence-electron chi connectivity index (χ3n) is 5.41. The van der Waals surface area contributed by atoms with Gasteiger partial charge in [-0.15, -0.1) is 0 Å². The van der Waals surface area contributed by atoms with Gasteiger partial charge in [-0.1, -0.05) is 35.9 Å². The lowest BCUT2D eigenvalue weighted by atomic mass is 10.1. The van der Waals surface area contributed by atoms with Crippen molar-refractivity contribution >= 4 is 11.6 Å². The third-order valence-corrected chi connectivity index (χ3v) is 5.63. The molecule has 0 radical (unpaired) electrons. The fourth-order valence-corrected chi connectivity index (χ4v) is 3.52. The molecule has 2 heterocycles. The number of aryl methyl sites for hydroxylation is 2. The van der Waals surface area contributed by atoms with Crippen LogP contribution in [-0.4, -0.2) is 27.5 Å². The lowest BCUT2D eigenvalue weighted by Crippen LogP contribution is -2.20. The molecule has 1 fully saturated rings. The summed E-state index contributed by atoms with van der Waals surface area (Å²) in [5.41, 5.74) is 3.26. The van der Waals surface area contributed by atoms with E-state index in [1.54, 1.807) is 29.1 Å². The number of nitrogens with zero attached hydrogens (tertiary/aromatic N) is 3. The van der Waals surface area contributed by atoms with Crippen LogP contribution in [0.4, 0.5) is 0 Å². The molecule has 0 spiro atoms. The Morgan fingerprint density at radius 3 is 2.57 bits per heavy atom. The van der Waals surface area contributed by atoms with Gasteiger partial charge >= 0.3 is 0 Å². The Balaban J connectivity index is 1.29. The van der Waals surface area contributed by atoms with E-state index in [-0.39, 0.29) is 5.56 Å². The lowest BCUT2D eigenvalue weighted by molar-refractivity contribution is 0.300. The number of benzene rings is 1. The molecule has 4 rings (SSSR count). The van der Waals surface area contributed by atoms with Crippen LogP contribution in [0.15, 0.2) is 65.7 Å². The van der Waals surface area contributed by atoms with Crippen LogP contribution in [0.1, 0.15) is 29.7 Å². The van der Waals surface area contributed by atoms with E-state index < -0.39 is 0 Å². The van der Waals surface area contributed by atoms with Crippen LogP contribution in [0.2, 0.25) is 5.02 Å². The van der Waals surface area contributed by atoms with Crippen molar-refractivity contribution in [2.75, 3.05) is 7.05 Å². The van der Waals surface area contributed by atoms with Gasteiger partial charge in [0.15, 0.2) is 0 Å². The van der Waals surface area contributed by atoms with Gasteiger partial charge in [-0.25, -0.2) is 0 Å². The van der Waals surface area contributed by atoms with Crippen molar-refractivity contribution in [1.29, 1.82) is 0 Å². The summed E-state index contributed by atoms with van der Waals surface area (Å²) in [4.78, 5) is 19.0. The molecule has 5 nitrogen and oxygen atoms in total. The van der Waals surface area contributed by atoms with E-state index in [1.165, 1.54) is 30.0 Å². The summed E-state index contributed by atoms with van der Waals surface area (Å²) in [7, 11) is 2.19. The molecule has 2 aromatic heterocycles. The summed E-state index contributed by atoms with van der Waals surface area (Å²) in [5, 5.41) is 0.585. The van der Waals surface area contributed by atoms with Gasteiger partial charge < -0.3 is 9.30 Å². The molecule has 0 bridgehead atoms. The van der Waals surface area contributed by atoms with Gasteiger partial charge in [-0.05, 0) is 55.6 Å². The number of aromatic nitrogens is 2. The van der Waals surface area contributed by atoms with E-state index in [0.717, 1.165) is 24.7 Å². The molecule has 156 valence electrons. The maximum Gasteiger partial charge on any atom is 0.254 e. The molecule has 1 aromatic carbocycles. The predicted molar refractivity (Wildman–Crippen MR) is 119 cm³/mol. The van der Waals surface area contributed by atoms with E-state index in [0.29, 0.717) is 23.9 Å². The van der Waals surface area contributed by atoms with Crippen LogP contribution in [-0.2, 0) is 26.1 Å². The molecule has 0 aliphatic heterocycles. The van der Waals surface area contributed by atoms with E-state index in [1.807, 2.05) is 6.07 Å². The number of hydrogen-bond donors (Lipinski definition) is 0. The van der Waals surface area contributed by atoms with E-state index in [4.69, 9.17) is 16.3 Å². The van der Waals surface area contributed by atoms with Crippen LogP contribution in [0, 0.1) is 0 Å². The standard InChI is InChI=1S/C24H26ClN3O2/c1-27(22-8-9-22)16-19-4-2-18(3-5-19)10-12-28-13-11-23(14-24(28)29)30-17-21-7-6-20(25)15-26-21/h2-7,11,13-15,22H,8-10,12,16-17H2,1H3. The highest BCUT2D eigenvalue weighted by Crippen LogP contribution is 2.26. The molecule has 0 saturated heterocycles. The number of pyridine rings is 2. The largest absolute Gasteiger partial charge is 0.487 e. The summed E-state index contributed by atoms with van der Waals surface area (Å²) < 4.78 is 7.38. The van der Waals surface area contributed by atoms with Crippen molar-refractivity contribution in [3.8, 4) is 5.75 Å². The van der Waals surface area contributed by atoms with Crippen molar-refractivity contribution in [3.63, 3.8) is 0 Å². The van der Waals surface area contributed by atoms with Crippen molar-refractivity contribution in [3.05, 3.63) is 93.1 Å². The van der Waals surface area contributed by atoms with Gasteiger partial charge in [0.05, 0.1) is 10.7 Å². The minimum Gasteiger partial charge on any atom is -0.487 e. The summed E-state index contributed by atoms with van der Waals surface area (Å²) in [5.74, 6) is 0.539. The van der Waals surface area contributed by atoms with Gasteiger partial charge in [-0.2, -0.15) is 0 Å². The van der Waals surface area contributed by atoms with Crippen molar-refractivity contribution < 1.29 is 4.74 Å². The first-order chi connectivity index (χ1) is 14.6. The molecule has 0 amide bonds. The predicted octanol–water partition coefficient (Wildman–Crippen LogP) is 4.31. The first-order valence-electron chi connectivity index (χ1n) is 10.3. The van der Waals surface area contributed by atoms with Crippen LogP contribution in [0.5, 0.6) is 5.75 Å². The Morgan fingerprint density at radius 2 is 1.90 bits per heavy atom. The molecule has 3 aromatic rings. The molecule has 6 heteroatoms.